The van der Waals surface area contributed by atoms with Gasteiger partial charge in [0.15, 0.2) is 0 Å². The van der Waals surface area contributed by atoms with Crippen molar-refractivity contribution in [3.05, 3.63) is 0 Å². The molecule has 2 fully saturated rings. The number of hydrogen-bond donors (Lipinski definition) is 2. The Morgan fingerprint density at radius 2 is 2.31 bits per heavy atom. The summed E-state index contributed by atoms with van der Waals surface area (Å²) in [5.41, 5.74) is 2.35. The first-order chi connectivity index (χ1) is 6.18. The third kappa shape index (κ3) is 1.56. The van der Waals surface area contributed by atoms with Crippen LogP contribution in [-0.4, -0.2) is 24.6 Å². The third-order valence-corrected chi connectivity index (χ3v) is 3.31. The van der Waals surface area contributed by atoms with Crippen LogP contribution in [0.15, 0.2) is 0 Å². The maximum Gasteiger partial charge on any atom is 0.263 e. The van der Waals surface area contributed by atoms with Gasteiger partial charge in [-0.25, -0.2) is 5.48 Å². The van der Waals surface area contributed by atoms with Gasteiger partial charge in [0.25, 0.3) is 5.91 Å². The van der Waals surface area contributed by atoms with Gasteiger partial charge >= 0.3 is 0 Å². The van der Waals surface area contributed by atoms with Crippen molar-refractivity contribution in [2.75, 3.05) is 6.61 Å². The summed E-state index contributed by atoms with van der Waals surface area (Å²) in [6, 6.07) is 0.354. The molecule has 2 N–H and O–H groups in total. The fourth-order valence-electron chi connectivity index (χ4n) is 1.98. The van der Waals surface area contributed by atoms with E-state index in [1.165, 1.54) is 6.42 Å². The highest BCUT2D eigenvalue weighted by Gasteiger charge is 2.38. The number of hydrogen-bond acceptors (Lipinski definition) is 3. The Labute approximate surface area is 78.0 Å². The lowest BCUT2D eigenvalue weighted by atomic mass is 9.71. The van der Waals surface area contributed by atoms with Crippen molar-refractivity contribution < 1.29 is 9.63 Å². The number of carbonyl (C=O) groups is 1. The number of nitrogens with one attached hydrogen (secondary N) is 2. The van der Waals surface area contributed by atoms with Crippen LogP contribution in [0.1, 0.15) is 20.3 Å². The Hall–Kier alpha value is -0.610. The van der Waals surface area contributed by atoms with E-state index in [0.717, 1.165) is 5.92 Å². The molecule has 1 saturated carbocycles. The van der Waals surface area contributed by atoms with Gasteiger partial charge in [-0.15, -0.1) is 0 Å². The predicted octanol–water partition coefficient (Wildman–Crippen LogP) is 0.0505. The highest BCUT2D eigenvalue weighted by atomic mass is 16.7. The Morgan fingerprint density at radius 1 is 1.54 bits per heavy atom. The molecule has 13 heavy (non-hydrogen) atoms. The lowest BCUT2D eigenvalue weighted by molar-refractivity contribution is -0.125. The summed E-state index contributed by atoms with van der Waals surface area (Å²) in [4.78, 5) is 16.0. The van der Waals surface area contributed by atoms with Gasteiger partial charge in [0.1, 0.15) is 6.04 Å². The molecular formula is C9H16N2O2. The maximum absolute atomic E-state index is 11.1. The molecule has 1 amide bonds. The lowest BCUT2D eigenvalue weighted by Gasteiger charge is -2.42. The van der Waals surface area contributed by atoms with Gasteiger partial charge in [0.05, 0.1) is 6.61 Å². The zero-order valence-electron chi connectivity index (χ0n) is 8.04. The highest BCUT2D eigenvalue weighted by Crippen LogP contribution is 2.33. The standard InChI is InChI=1S/C9H16N2O2/c1-5-3-7(6(5)2)10-8-4-13-11-9(8)12/h5-8,10H,3-4H2,1-2H3,(H,11,12). The van der Waals surface area contributed by atoms with E-state index in [0.29, 0.717) is 18.6 Å². The van der Waals surface area contributed by atoms with E-state index in [-0.39, 0.29) is 11.9 Å². The number of hydroxylamine groups is 1. The lowest BCUT2D eigenvalue weighted by Crippen LogP contribution is -2.54. The van der Waals surface area contributed by atoms with Gasteiger partial charge in [-0.3, -0.25) is 9.63 Å². The largest absolute Gasteiger partial charge is 0.301 e. The van der Waals surface area contributed by atoms with Crippen LogP contribution in [0.5, 0.6) is 0 Å². The summed E-state index contributed by atoms with van der Waals surface area (Å²) >= 11 is 0. The van der Waals surface area contributed by atoms with Crippen LogP contribution in [0, 0.1) is 11.8 Å². The molecule has 0 spiro atoms. The molecule has 2 rings (SSSR count). The average molecular weight is 184 g/mol. The summed E-state index contributed by atoms with van der Waals surface area (Å²) in [6.45, 7) is 4.92. The highest BCUT2D eigenvalue weighted by molar-refractivity contribution is 5.82. The number of carbonyl (C=O) groups excluding carboxylic acids is 1. The number of rotatable bonds is 2. The van der Waals surface area contributed by atoms with E-state index >= 15 is 0 Å². The van der Waals surface area contributed by atoms with Crippen molar-refractivity contribution in [2.24, 2.45) is 11.8 Å². The van der Waals surface area contributed by atoms with E-state index in [1.54, 1.807) is 0 Å². The van der Waals surface area contributed by atoms with Crippen LogP contribution in [0.2, 0.25) is 0 Å². The minimum atomic E-state index is -0.139. The van der Waals surface area contributed by atoms with Crippen molar-refractivity contribution in [3.63, 3.8) is 0 Å². The summed E-state index contributed by atoms with van der Waals surface area (Å²) in [5, 5.41) is 3.31. The zero-order chi connectivity index (χ0) is 9.42. The van der Waals surface area contributed by atoms with E-state index in [1.807, 2.05) is 0 Å². The summed E-state index contributed by atoms with van der Waals surface area (Å²) in [5.74, 6) is 1.42. The van der Waals surface area contributed by atoms with Gasteiger partial charge in [-0.2, -0.15) is 0 Å². The van der Waals surface area contributed by atoms with Crippen LogP contribution in [0.25, 0.3) is 0 Å². The molecule has 1 heterocycles. The maximum atomic E-state index is 11.1. The second-order valence-corrected chi connectivity index (χ2v) is 4.18. The van der Waals surface area contributed by atoms with E-state index in [4.69, 9.17) is 4.84 Å². The molecule has 0 aromatic rings. The van der Waals surface area contributed by atoms with Crippen LogP contribution in [0.3, 0.4) is 0 Å². The molecule has 1 saturated heterocycles. The molecule has 0 radical (unpaired) electrons. The van der Waals surface area contributed by atoms with Crippen LogP contribution >= 0.6 is 0 Å². The molecule has 1 aliphatic carbocycles. The molecule has 4 unspecified atom stereocenters. The van der Waals surface area contributed by atoms with Crippen LogP contribution in [0.4, 0.5) is 0 Å². The van der Waals surface area contributed by atoms with Crippen LogP contribution in [-0.2, 0) is 9.63 Å². The van der Waals surface area contributed by atoms with Crippen molar-refractivity contribution in [1.82, 2.24) is 10.8 Å². The predicted molar refractivity (Wildman–Crippen MR) is 47.8 cm³/mol. The molecule has 0 aromatic heterocycles. The average Bonchev–Trinajstić information content (AvgIpc) is 2.51. The van der Waals surface area contributed by atoms with E-state index < -0.39 is 0 Å². The number of amides is 1. The molecule has 4 nitrogen and oxygen atoms in total. The van der Waals surface area contributed by atoms with Gasteiger partial charge in [-0.05, 0) is 18.3 Å². The Morgan fingerprint density at radius 3 is 2.77 bits per heavy atom. The molecule has 4 atom stereocenters. The van der Waals surface area contributed by atoms with Crippen molar-refractivity contribution in [1.29, 1.82) is 0 Å². The zero-order valence-corrected chi connectivity index (χ0v) is 8.04. The molecule has 74 valence electrons. The fourth-order valence-corrected chi connectivity index (χ4v) is 1.98. The topological polar surface area (TPSA) is 50.4 Å². The van der Waals surface area contributed by atoms with Gasteiger partial charge in [0, 0.05) is 6.04 Å². The van der Waals surface area contributed by atoms with E-state index in [9.17, 15) is 4.79 Å². The minimum absolute atomic E-state index is 0.0354. The smallest absolute Gasteiger partial charge is 0.263 e. The molecule has 2 aliphatic rings. The van der Waals surface area contributed by atoms with Crippen molar-refractivity contribution in [3.8, 4) is 0 Å². The first-order valence-electron chi connectivity index (χ1n) is 4.86. The van der Waals surface area contributed by atoms with Gasteiger partial charge < -0.3 is 5.32 Å². The fraction of sp³-hybridized carbons (Fsp3) is 0.889. The first kappa shape index (κ1) is 8.97. The molecule has 1 aliphatic heterocycles. The Kier molecular flexibility index (Phi) is 2.26. The minimum Gasteiger partial charge on any atom is -0.301 e. The van der Waals surface area contributed by atoms with Gasteiger partial charge in [0.2, 0.25) is 0 Å². The first-order valence-corrected chi connectivity index (χ1v) is 4.86. The van der Waals surface area contributed by atoms with Crippen molar-refractivity contribution in [2.45, 2.75) is 32.4 Å². The quantitative estimate of drug-likeness (QED) is 0.637. The summed E-state index contributed by atoms with van der Waals surface area (Å²) < 4.78 is 0. The summed E-state index contributed by atoms with van der Waals surface area (Å²) in [7, 11) is 0. The van der Waals surface area contributed by atoms with Crippen LogP contribution < -0.4 is 10.8 Å². The normalized spacial score (nSPS) is 44.3. The molecular weight excluding hydrogens is 168 g/mol. The third-order valence-electron chi connectivity index (χ3n) is 3.31. The molecule has 4 heteroatoms. The molecule has 0 aromatic carbocycles. The summed E-state index contributed by atoms with van der Waals surface area (Å²) in [6.07, 6.45) is 1.17. The monoisotopic (exact) mass is 184 g/mol. The second kappa shape index (κ2) is 3.27. The molecule has 0 bridgehead atoms. The van der Waals surface area contributed by atoms with E-state index in [2.05, 4.69) is 24.6 Å². The van der Waals surface area contributed by atoms with Crippen molar-refractivity contribution >= 4 is 5.91 Å². The Balaban J connectivity index is 1.82. The van der Waals surface area contributed by atoms with Gasteiger partial charge in [-0.1, -0.05) is 13.8 Å². The Bertz CT molecular complexity index is 220. The SMILES string of the molecule is CC1CC(NC2CONC2=O)C1C. The second-order valence-electron chi connectivity index (χ2n) is 4.18.